The quantitative estimate of drug-likeness (QED) is 0.601. The summed E-state index contributed by atoms with van der Waals surface area (Å²) in [5, 5.41) is 3.40. The fourth-order valence-electron chi connectivity index (χ4n) is 1.48. The predicted octanol–water partition coefficient (Wildman–Crippen LogP) is 2.75. The first-order valence-electron chi connectivity index (χ1n) is 5.83. The van der Waals surface area contributed by atoms with E-state index in [1.807, 2.05) is 18.2 Å². The van der Waals surface area contributed by atoms with E-state index < -0.39 is 7.60 Å². The molecular formula is C12H18NO3P. The highest BCUT2D eigenvalue weighted by Gasteiger charge is 2.40. The van der Waals surface area contributed by atoms with E-state index >= 15 is 0 Å². The Morgan fingerprint density at radius 3 is 2.82 bits per heavy atom. The average molecular weight is 255 g/mol. The Bertz CT molecular complexity index is 388. The van der Waals surface area contributed by atoms with Crippen LogP contribution in [0.1, 0.15) is 18.9 Å². The van der Waals surface area contributed by atoms with Crippen molar-refractivity contribution >= 4 is 7.60 Å². The molecule has 1 heterocycles. The third-order valence-electron chi connectivity index (χ3n) is 2.68. The molecule has 0 aliphatic carbocycles. The lowest BCUT2D eigenvalue weighted by Crippen LogP contribution is -2.26. The Kier molecular flexibility index (Phi) is 4.35. The van der Waals surface area contributed by atoms with E-state index in [0.29, 0.717) is 19.0 Å². The number of rotatable bonds is 7. The van der Waals surface area contributed by atoms with Gasteiger partial charge < -0.3 is 9.84 Å². The van der Waals surface area contributed by atoms with Crippen molar-refractivity contribution in [3.63, 3.8) is 0 Å². The smallest absolute Gasteiger partial charge is 0.310 e. The van der Waals surface area contributed by atoms with Crippen LogP contribution in [0.15, 0.2) is 30.3 Å². The van der Waals surface area contributed by atoms with Gasteiger partial charge in [-0.15, -0.1) is 0 Å². The van der Waals surface area contributed by atoms with Crippen molar-refractivity contribution in [2.45, 2.75) is 25.9 Å². The molecule has 0 spiro atoms. The van der Waals surface area contributed by atoms with Gasteiger partial charge in [0.25, 0.3) is 0 Å². The van der Waals surface area contributed by atoms with Crippen LogP contribution in [0.25, 0.3) is 0 Å². The van der Waals surface area contributed by atoms with Gasteiger partial charge in [-0.05, 0) is 18.9 Å². The monoisotopic (exact) mass is 255 g/mol. The molecule has 2 unspecified atom stereocenters. The first-order chi connectivity index (χ1) is 8.18. The second-order valence-electron chi connectivity index (χ2n) is 4.26. The summed E-state index contributed by atoms with van der Waals surface area (Å²) < 4.78 is 21.1. The van der Waals surface area contributed by atoms with Crippen molar-refractivity contribution in [3.05, 3.63) is 35.9 Å². The van der Waals surface area contributed by atoms with E-state index in [2.05, 4.69) is 24.4 Å². The molecule has 1 aromatic rings. The highest BCUT2D eigenvalue weighted by atomic mass is 31.2. The van der Waals surface area contributed by atoms with Crippen molar-refractivity contribution in [1.29, 1.82) is 0 Å². The van der Waals surface area contributed by atoms with Gasteiger partial charge >= 0.3 is 7.60 Å². The SMILES string of the molecule is CC(CCOP1(=O)CO1)NCc1ccccc1. The third kappa shape index (κ3) is 4.60. The summed E-state index contributed by atoms with van der Waals surface area (Å²) in [6.07, 6.45) is 1.12. The molecule has 0 aromatic heterocycles. The topological polar surface area (TPSA) is 50.9 Å². The molecule has 1 aliphatic heterocycles. The van der Waals surface area contributed by atoms with E-state index in [1.54, 1.807) is 0 Å². The fraction of sp³-hybridized carbons (Fsp3) is 0.500. The molecule has 2 rings (SSSR count). The summed E-state index contributed by atoms with van der Waals surface area (Å²) in [4.78, 5) is 0. The molecule has 1 fully saturated rings. The van der Waals surface area contributed by atoms with Gasteiger partial charge in [-0.25, -0.2) is 0 Å². The second-order valence-corrected chi connectivity index (χ2v) is 6.25. The Hall–Kier alpha value is -0.670. The lowest BCUT2D eigenvalue weighted by Gasteiger charge is -2.13. The Balaban J connectivity index is 1.60. The van der Waals surface area contributed by atoms with Crippen LogP contribution in [0, 0.1) is 0 Å². The lowest BCUT2D eigenvalue weighted by atomic mass is 10.2. The van der Waals surface area contributed by atoms with Crippen molar-refractivity contribution in [2.75, 3.05) is 13.0 Å². The summed E-state index contributed by atoms with van der Waals surface area (Å²) in [6, 6.07) is 10.6. The molecule has 0 amide bonds. The maximum absolute atomic E-state index is 11.2. The van der Waals surface area contributed by atoms with Crippen LogP contribution in [0.4, 0.5) is 0 Å². The maximum Gasteiger partial charge on any atom is 0.357 e. The molecule has 1 N–H and O–H groups in total. The molecule has 17 heavy (non-hydrogen) atoms. The zero-order chi connectivity index (χ0) is 12.1. The molecule has 1 aliphatic rings. The number of hydrogen-bond acceptors (Lipinski definition) is 4. The predicted molar refractivity (Wildman–Crippen MR) is 66.9 cm³/mol. The van der Waals surface area contributed by atoms with E-state index in [-0.39, 0.29) is 0 Å². The van der Waals surface area contributed by atoms with Crippen LogP contribution in [0.5, 0.6) is 0 Å². The van der Waals surface area contributed by atoms with E-state index in [4.69, 9.17) is 9.05 Å². The number of benzene rings is 1. The maximum atomic E-state index is 11.2. The molecule has 94 valence electrons. The van der Waals surface area contributed by atoms with Gasteiger partial charge in [-0.2, -0.15) is 0 Å². The second kappa shape index (κ2) is 5.78. The van der Waals surface area contributed by atoms with Crippen molar-refractivity contribution in [3.8, 4) is 0 Å². The van der Waals surface area contributed by atoms with Crippen LogP contribution in [-0.4, -0.2) is 19.0 Å². The van der Waals surface area contributed by atoms with Crippen LogP contribution < -0.4 is 5.32 Å². The standard InChI is InChI=1S/C12H18NO3P/c1-11(7-8-15-17(14)10-16-17)13-9-12-5-3-2-4-6-12/h2-6,11,13H,7-10H2,1H3. The summed E-state index contributed by atoms with van der Waals surface area (Å²) in [6.45, 7) is 3.42. The summed E-state index contributed by atoms with van der Waals surface area (Å²) >= 11 is 0. The fourth-order valence-corrected chi connectivity index (χ4v) is 2.39. The molecule has 4 nitrogen and oxygen atoms in total. The molecule has 0 radical (unpaired) electrons. The van der Waals surface area contributed by atoms with Gasteiger partial charge in [0.15, 0.2) is 6.35 Å². The van der Waals surface area contributed by atoms with E-state index in [1.165, 1.54) is 5.56 Å². The van der Waals surface area contributed by atoms with Gasteiger partial charge in [-0.3, -0.25) is 9.09 Å². The van der Waals surface area contributed by atoms with Gasteiger partial charge in [-0.1, -0.05) is 30.3 Å². The molecular weight excluding hydrogens is 237 g/mol. The van der Waals surface area contributed by atoms with E-state index in [9.17, 15) is 4.57 Å². The van der Waals surface area contributed by atoms with Gasteiger partial charge in [0.2, 0.25) is 0 Å². The normalized spacial score (nSPS) is 24.5. The zero-order valence-electron chi connectivity index (χ0n) is 9.96. The minimum Gasteiger partial charge on any atom is -0.310 e. The first-order valence-corrected chi connectivity index (χ1v) is 7.56. The molecule has 0 bridgehead atoms. The minimum atomic E-state index is -2.58. The molecule has 5 heteroatoms. The molecule has 0 saturated carbocycles. The van der Waals surface area contributed by atoms with Crippen molar-refractivity contribution in [1.82, 2.24) is 5.32 Å². The Morgan fingerprint density at radius 1 is 1.47 bits per heavy atom. The summed E-state index contributed by atoms with van der Waals surface area (Å²) in [5.74, 6) is 0. The number of hydrogen-bond donors (Lipinski definition) is 1. The summed E-state index contributed by atoms with van der Waals surface area (Å²) in [7, 11) is -2.58. The highest BCUT2D eigenvalue weighted by Crippen LogP contribution is 2.63. The van der Waals surface area contributed by atoms with E-state index in [0.717, 1.165) is 13.0 Å². The van der Waals surface area contributed by atoms with Crippen molar-refractivity contribution < 1.29 is 13.6 Å². The average Bonchev–Trinajstić information content (AvgIpc) is 3.06. The largest absolute Gasteiger partial charge is 0.357 e. The van der Waals surface area contributed by atoms with Gasteiger partial charge in [0.05, 0.1) is 6.61 Å². The van der Waals surface area contributed by atoms with Crippen LogP contribution in [0.2, 0.25) is 0 Å². The van der Waals surface area contributed by atoms with Gasteiger partial charge in [0.1, 0.15) is 0 Å². The molecule has 2 atom stereocenters. The van der Waals surface area contributed by atoms with Crippen LogP contribution >= 0.6 is 7.60 Å². The third-order valence-corrected chi connectivity index (χ3v) is 3.93. The summed E-state index contributed by atoms with van der Waals surface area (Å²) in [5.41, 5.74) is 1.26. The zero-order valence-corrected chi connectivity index (χ0v) is 10.9. The Labute approximate surface area is 102 Å². The van der Waals surface area contributed by atoms with Gasteiger partial charge in [0, 0.05) is 12.6 Å². The molecule has 1 aromatic carbocycles. The Morgan fingerprint density at radius 2 is 2.18 bits per heavy atom. The minimum absolute atomic E-state index is 0.291. The molecule has 1 saturated heterocycles. The van der Waals surface area contributed by atoms with Crippen LogP contribution in [0.3, 0.4) is 0 Å². The lowest BCUT2D eigenvalue weighted by molar-refractivity contribution is 0.281. The number of nitrogens with one attached hydrogen (secondary N) is 1. The highest BCUT2D eigenvalue weighted by molar-refractivity contribution is 7.59. The van der Waals surface area contributed by atoms with Crippen LogP contribution in [-0.2, 0) is 20.2 Å². The first kappa shape index (κ1) is 12.8. The van der Waals surface area contributed by atoms with Crippen molar-refractivity contribution in [2.24, 2.45) is 0 Å².